The molecule has 0 spiro atoms. The molecule has 158 valence electrons. The fourth-order valence-corrected chi connectivity index (χ4v) is 4.23. The number of likely N-dealkylation sites (tertiary alicyclic amines) is 1. The van der Waals surface area contributed by atoms with Crippen LogP contribution in [0.3, 0.4) is 0 Å². The highest BCUT2D eigenvalue weighted by Gasteiger charge is 2.33. The first kappa shape index (κ1) is 20.2. The summed E-state index contributed by atoms with van der Waals surface area (Å²) in [6.07, 6.45) is 4.32. The van der Waals surface area contributed by atoms with Crippen LogP contribution in [-0.4, -0.2) is 71.7 Å². The maximum atomic E-state index is 12.7. The number of benzene rings is 1. The number of piperidine rings is 1. The minimum Gasteiger partial charge on any atom is -0.459 e. The van der Waals surface area contributed by atoms with E-state index in [0.717, 1.165) is 19.3 Å². The fourth-order valence-electron chi connectivity index (χ4n) is 4.23. The van der Waals surface area contributed by atoms with Crippen LogP contribution in [0.2, 0.25) is 0 Å². The van der Waals surface area contributed by atoms with E-state index < -0.39 is 11.8 Å². The lowest BCUT2D eigenvalue weighted by Crippen LogP contribution is -2.55. The van der Waals surface area contributed by atoms with Gasteiger partial charge in [0.25, 0.3) is 5.91 Å². The molecule has 2 saturated heterocycles. The topological polar surface area (TPSA) is 74.1 Å². The van der Waals surface area contributed by atoms with Crippen molar-refractivity contribution in [1.29, 1.82) is 0 Å². The van der Waals surface area contributed by atoms with Crippen LogP contribution in [-0.2, 0) is 16.0 Å². The van der Waals surface area contributed by atoms with Crippen LogP contribution in [0.5, 0.6) is 0 Å². The number of carbonyl (C=O) groups is 3. The number of rotatable bonds is 3. The average molecular weight is 409 g/mol. The van der Waals surface area contributed by atoms with E-state index in [9.17, 15) is 14.4 Å². The number of amides is 3. The van der Waals surface area contributed by atoms with E-state index in [1.54, 1.807) is 26.8 Å². The van der Waals surface area contributed by atoms with E-state index in [4.69, 9.17) is 4.42 Å². The Hall–Kier alpha value is -3.09. The van der Waals surface area contributed by atoms with Crippen LogP contribution < -0.4 is 0 Å². The Morgan fingerprint density at radius 2 is 1.37 bits per heavy atom. The Morgan fingerprint density at radius 1 is 0.767 bits per heavy atom. The van der Waals surface area contributed by atoms with E-state index in [0.29, 0.717) is 50.9 Å². The van der Waals surface area contributed by atoms with Gasteiger partial charge in [-0.3, -0.25) is 14.4 Å². The van der Waals surface area contributed by atoms with Crippen molar-refractivity contribution in [3.63, 3.8) is 0 Å². The minimum absolute atomic E-state index is 0.182. The van der Waals surface area contributed by atoms with Crippen molar-refractivity contribution in [2.45, 2.75) is 19.3 Å². The Labute approximate surface area is 176 Å². The van der Waals surface area contributed by atoms with Gasteiger partial charge in [-0.2, -0.15) is 0 Å². The maximum absolute atomic E-state index is 12.7. The molecule has 3 amide bonds. The Balaban J connectivity index is 1.24. The zero-order chi connectivity index (χ0) is 20.9. The third-order valence-corrected chi connectivity index (χ3v) is 6.04. The van der Waals surface area contributed by atoms with Gasteiger partial charge in [0, 0.05) is 39.3 Å². The molecule has 3 heterocycles. The van der Waals surface area contributed by atoms with Gasteiger partial charge in [-0.05, 0) is 42.9 Å². The van der Waals surface area contributed by atoms with Crippen molar-refractivity contribution < 1.29 is 18.8 Å². The number of piperazine rings is 1. The Bertz CT molecular complexity index is 865. The third-order valence-electron chi connectivity index (χ3n) is 6.04. The smallest absolute Gasteiger partial charge is 0.312 e. The molecule has 0 unspecified atom stereocenters. The highest BCUT2D eigenvalue weighted by molar-refractivity contribution is 6.34. The molecule has 0 radical (unpaired) electrons. The lowest BCUT2D eigenvalue weighted by molar-refractivity contribution is -0.153. The van der Waals surface area contributed by atoms with Crippen molar-refractivity contribution >= 4 is 17.7 Å². The first-order chi connectivity index (χ1) is 14.6. The molecule has 1 aromatic carbocycles. The van der Waals surface area contributed by atoms with Crippen LogP contribution in [0.15, 0.2) is 53.1 Å². The summed E-state index contributed by atoms with van der Waals surface area (Å²) in [4.78, 5) is 42.6. The maximum Gasteiger partial charge on any atom is 0.312 e. The molecule has 2 aliphatic rings. The largest absolute Gasteiger partial charge is 0.459 e. The number of nitrogens with zero attached hydrogens (tertiary/aromatic N) is 3. The summed E-state index contributed by atoms with van der Waals surface area (Å²) in [6, 6.07) is 13.7. The zero-order valence-electron chi connectivity index (χ0n) is 17.0. The van der Waals surface area contributed by atoms with Crippen molar-refractivity contribution in [1.82, 2.24) is 14.7 Å². The monoisotopic (exact) mass is 409 g/mol. The molecule has 4 rings (SSSR count). The second kappa shape index (κ2) is 9.15. The molecule has 0 atom stereocenters. The predicted octanol–water partition coefficient (Wildman–Crippen LogP) is 2.05. The fraction of sp³-hybridized carbons (Fsp3) is 0.435. The van der Waals surface area contributed by atoms with Crippen molar-refractivity contribution in [2.75, 3.05) is 39.3 Å². The lowest BCUT2D eigenvalue weighted by Gasteiger charge is -2.36. The molecule has 0 saturated carbocycles. The zero-order valence-corrected chi connectivity index (χ0v) is 17.0. The summed E-state index contributed by atoms with van der Waals surface area (Å²) in [5.41, 5.74) is 1.32. The number of hydrogen-bond donors (Lipinski definition) is 0. The summed E-state index contributed by atoms with van der Waals surface area (Å²) in [7, 11) is 0. The molecule has 2 aliphatic heterocycles. The molecule has 0 aliphatic carbocycles. The molecular weight excluding hydrogens is 382 g/mol. The number of furan rings is 1. The average Bonchev–Trinajstić information content (AvgIpc) is 3.34. The van der Waals surface area contributed by atoms with Gasteiger partial charge in [0.1, 0.15) is 0 Å². The highest BCUT2D eigenvalue weighted by atomic mass is 16.3. The molecule has 2 aromatic rings. The van der Waals surface area contributed by atoms with Gasteiger partial charge in [0.15, 0.2) is 5.76 Å². The molecular formula is C23H27N3O4. The highest BCUT2D eigenvalue weighted by Crippen LogP contribution is 2.22. The molecule has 0 N–H and O–H groups in total. The molecule has 30 heavy (non-hydrogen) atoms. The summed E-state index contributed by atoms with van der Waals surface area (Å²) in [6.45, 7) is 2.77. The van der Waals surface area contributed by atoms with E-state index in [2.05, 4.69) is 24.3 Å². The van der Waals surface area contributed by atoms with E-state index in [1.165, 1.54) is 11.8 Å². The van der Waals surface area contributed by atoms with E-state index in [1.807, 2.05) is 6.07 Å². The van der Waals surface area contributed by atoms with E-state index in [-0.39, 0.29) is 5.91 Å². The van der Waals surface area contributed by atoms with Crippen molar-refractivity contribution in [3.05, 3.63) is 60.1 Å². The van der Waals surface area contributed by atoms with Crippen molar-refractivity contribution in [2.24, 2.45) is 5.92 Å². The second-order valence-electron chi connectivity index (χ2n) is 7.99. The van der Waals surface area contributed by atoms with Gasteiger partial charge in [-0.15, -0.1) is 0 Å². The molecule has 1 aromatic heterocycles. The standard InChI is InChI=1S/C23H27N3O4/c27-21(20-7-4-16-30-20)25-12-14-26(15-13-25)23(29)22(28)24-10-8-19(9-11-24)17-18-5-2-1-3-6-18/h1-7,16,19H,8-15,17H2. The Kier molecular flexibility index (Phi) is 6.16. The number of carbonyl (C=O) groups excluding carboxylic acids is 3. The molecule has 7 nitrogen and oxygen atoms in total. The first-order valence-corrected chi connectivity index (χ1v) is 10.6. The summed E-state index contributed by atoms with van der Waals surface area (Å²) in [5.74, 6) is -0.216. The summed E-state index contributed by atoms with van der Waals surface area (Å²) in [5, 5.41) is 0. The first-order valence-electron chi connectivity index (χ1n) is 10.6. The predicted molar refractivity (Wildman–Crippen MR) is 111 cm³/mol. The van der Waals surface area contributed by atoms with Crippen LogP contribution in [0.4, 0.5) is 0 Å². The lowest BCUT2D eigenvalue weighted by atomic mass is 9.90. The SMILES string of the molecule is O=C(C(=O)N1CCN(C(=O)c2ccco2)CC1)N1CCC(Cc2ccccc2)CC1. The summed E-state index contributed by atoms with van der Waals surface area (Å²) >= 11 is 0. The number of hydrogen-bond acceptors (Lipinski definition) is 4. The van der Waals surface area contributed by atoms with Gasteiger partial charge in [0.2, 0.25) is 0 Å². The molecule has 0 bridgehead atoms. The second-order valence-corrected chi connectivity index (χ2v) is 7.99. The van der Waals surface area contributed by atoms with Gasteiger partial charge in [0.05, 0.1) is 6.26 Å². The molecule has 2 fully saturated rings. The quantitative estimate of drug-likeness (QED) is 0.728. The van der Waals surface area contributed by atoms with Crippen molar-refractivity contribution in [3.8, 4) is 0 Å². The van der Waals surface area contributed by atoms with E-state index >= 15 is 0 Å². The van der Waals surface area contributed by atoms with Gasteiger partial charge >= 0.3 is 11.8 Å². The van der Waals surface area contributed by atoms with Gasteiger partial charge in [-0.1, -0.05) is 30.3 Å². The van der Waals surface area contributed by atoms with Crippen LogP contribution >= 0.6 is 0 Å². The van der Waals surface area contributed by atoms with Crippen LogP contribution in [0, 0.1) is 5.92 Å². The Morgan fingerprint density at radius 3 is 1.97 bits per heavy atom. The minimum atomic E-state index is -0.457. The normalized spacial score (nSPS) is 17.8. The van der Waals surface area contributed by atoms with Crippen LogP contribution in [0.1, 0.15) is 29.0 Å². The van der Waals surface area contributed by atoms with Crippen LogP contribution in [0.25, 0.3) is 0 Å². The van der Waals surface area contributed by atoms with Gasteiger partial charge < -0.3 is 19.1 Å². The molecule has 7 heteroatoms. The summed E-state index contributed by atoms with van der Waals surface area (Å²) < 4.78 is 5.15. The third kappa shape index (κ3) is 4.56. The van der Waals surface area contributed by atoms with Gasteiger partial charge in [-0.25, -0.2) is 0 Å².